The molecule has 3 rings (SSSR count). The minimum Gasteiger partial charge on any atom is -0.329 e. The Morgan fingerprint density at radius 1 is 1.35 bits per heavy atom. The van der Waals surface area contributed by atoms with Crippen LogP contribution in [0, 0.1) is 12.7 Å². The molecule has 0 spiro atoms. The molecule has 1 heterocycles. The van der Waals surface area contributed by atoms with E-state index in [9.17, 15) is 4.39 Å². The van der Waals surface area contributed by atoms with Crippen LogP contribution in [0.2, 0.25) is 0 Å². The van der Waals surface area contributed by atoms with Gasteiger partial charge in [-0.05, 0) is 31.9 Å². The number of nitrogens with two attached hydrogens (primary N) is 1. The number of hydrogen-bond donors (Lipinski definition) is 1. The molecule has 1 fully saturated rings. The summed E-state index contributed by atoms with van der Waals surface area (Å²) in [5.74, 6) is 0.514. The maximum Gasteiger partial charge on any atom is 0.136 e. The van der Waals surface area contributed by atoms with Crippen molar-refractivity contribution in [3.63, 3.8) is 0 Å². The fourth-order valence-electron chi connectivity index (χ4n) is 2.23. The van der Waals surface area contributed by atoms with Gasteiger partial charge in [-0.2, -0.15) is 0 Å². The van der Waals surface area contributed by atoms with Gasteiger partial charge < -0.3 is 5.73 Å². The predicted octanol–water partition coefficient (Wildman–Crippen LogP) is 2.07. The molecule has 1 saturated carbocycles. The number of hydrogen-bond acceptors (Lipinski definition) is 3. The van der Waals surface area contributed by atoms with Crippen LogP contribution in [0.1, 0.15) is 24.4 Å². The van der Waals surface area contributed by atoms with E-state index in [2.05, 4.69) is 9.97 Å². The fourth-order valence-corrected chi connectivity index (χ4v) is 2.23. The molecule has 1 aromatic carbocycles. The largest absolute Gasteiger partial charge is 0.329 e. The van der Waals surface area contributed by atoms with Crippen molar-refractivity contribution in [1.29, 1.82) is 0 Å². The Morgan fingerprint density at radius 2 is 2.12 bits per heavy atom. The summed E-state index contributed by atoms with van der Waals surface area (Å²) < 4.78 is 13.7. The highest BCUT2D eigenvalue weighted by Crippen LogP contribution is 2.45. The lowest BCUT2D eigenvalue weighted by Gasteiger charge is -2.13. The Labute approximate surface area is 98.9 Å². The van der Waals surface area contributed by atoms with Crippen LogP contribution < -0.4 is 5.73 Å². The van der Waals surface area contributed by atoms with Gasteiger partial charge in [0.25, 0.3) is 0 Å². The van der Waals surface area contributed by atoms with Crippen LogP contribution in [0.15, 0.2) is 18.2 Å². The second-order valence-electron chi connectivity index (χ2n) is 4.75. The first-order chi connectivity index (χ1) is 8.16. The quantitative estimate of drug-likeness (QED) is 0.860. The standard InChI is InChI=1S/C13H14FN3/c1-8-11-9(14)3-2-4-10(11)17-12(16-8)13(7-15)5-6-13/h2-4H,5-7,15H2,1H3. The molecule has 0 bridgehead atoms. The molecule has 1 aliphatic rings. The average molecular weight is 231 g/mol. The highest BCUT2D eigenvalue weighted by atomic mass is 19.1. The second-order valence-corrected chi connectivity index (χ2v) is 4.75. The van der Waals surface area contributed by atoms with Gasteiger partial charge in [0.1, 0.15) is 11.6 Å². The third-order valence-corrected chi connectivity index (χ3v) is 3.57. The van der Waals surface area contributed by atoms with E-state index in [-0.39, 0.29) is 11.2 Å². The van der Waals surface area contributed by atoms with Crippen molar-refractivity contribution in [2.24, 2.45) is 5.73 Å². The zero-order chi connectivity index (χ0) is 12.0. The molecule has 0 atom stereocenters. The van der Waals surface area contributed by atoms with Gasteiger partial charge in [-0.25, -0.2) is 14.4 Å². The highest BCUT2D eigenvalue weighted by molar-refractivity contribution is 5.81. The van der Waals surface area contributed by atoms with E-state index in [1.165, 1.54) is 6.07 Å². The monoisotopic (exact) mass is 231 g/mol. The Balaban J connectivity index is 2.25. The molecule has 88 valence electrons. The number of benzene rings is 1. The van der Waals surface area contributed by atoms with Gasteiger partial charge in [-0.3, -0.25) is 0 Å². The van der Waals surface area contributed by atoms with Crippen molar-refractivity contribution in [2.75, 3.05) is 6.54 Å². The van der Waals surface area contributed by atoms with Crippen LogP contribution in [0.4, 0.5) is 4.39 Å². The number of aromatic nitrogens is 2. The SMILES string of the molecule is Cc1nc(C2(CN)CC2)nc2cccc(F)c12. The Morgan fingerprint density at radius 3 is 2.76 bits per heavy atom. The summed E-state index contributed by atoms with van der Waals surface area (Å²) in [5.41, 5.74) is 7.09. The zero-order valence-corrected chi connectivity index (χ0v) is 9.70. The van der Waals surface area contributed by atoms with E-state index >= 15 is 0 Å². The minimum atomic E-state index is -0.260. The topological polar surface area (TPSA) is 51.8 Å². The summed E-state index contributed by atoms with van der Waals surface area (Å²) in [5, 5.41) is 0.518. The molecule has 3 nitrogen and oxygen atoms in total. The zero-order valence-electron chi connectivity index (χ0n) is 9.70. The molecule has 17 heavy (non-hydrogen) atoms. The van der Waals surface area contributed by atoms with E-state index in [4.69, 9.17) is 5.73 Å². The van der Waals surface area contributed by atoms with Crippen molar-refractivity contribution in [3.8, 4) is 0 Å². The average Bonchev–Trinajstić information content (AvgIpc) is 3.09. The fraction of sp³-hybridized carbons (Fsp3) is 0.385. The van der Waals surface area contributed by atoms with E-state index in [0.717, 1.165) is 18.7 Å². The van der Waals surface area contributed by atoms with E-state index in [1.807, 2.05) is 13.0 Å². The summed E-state index contributed by atoms with van der Waals surface area (Å²) in [6, 6.07) is 4.94. The second kappa shape index (κ2) is 3.47. The summed E-state index contributed by atoms with van der Waals surface area (Å²) >= 11 is 0. The van der Waals surface area contributed by atoms with Gasteiger partial charge in [0.2, 0.25) is 0 Å². The normalized spacial score (nSPS) is 17.4. The third-order valence-electron chi connectivity index (χ3n) is 3.57. The maximum atomic E-state index is 13.7. The van der Waals surface area contributed by atoms with Crippen LogP contribution in [0.3, 0.4) is 0 Å². The molecule has 1 aromatic heterocycles. The summed E-state index contributed by atoms with van der Waals surface area (Å²) in [7, 11) is 0. The maximum absolute atomic E-state index is 13.7. The molecule has 0 aliphatic heterocycles. The molecule has 0 amide bonds. The summed E-state index contributed by atoms with van der Waals surface area (Å²) in [6.07, 6.45) is 2.06. The van der Waals surface area contributed by atoms with Gasteiger partial charge in [0, 0.05) is 12.0 Å². The van der Waals surface area contributed by atoms with Crippen LogP contribution in [-0.4, -0.2) is 16.5 Å². The van der Waals surface area contributed by atoms with Gasteiger partial charge in [-0.15, -0.1) is 0 Å². The molecule has 2 N–H and O–H groups in total. The van der Waals surface area contributed by atoms with Crippen molar-refractivity contribution in [1.82, 2.24) is 9.97 Å². The number of halogens is 1. The van der Waals surface area contributed by atoms with Crippen LogP contribution in [0.5, 0.6) is 0 Å². The predicted molar refractivity (Wildman–Crippen MR) is 64.2 cm³/mol. The first-order valence-corrected chi connectivity index (χ1v) is 5.80. The molecule has 2 aromatic rings. The van der Waals surface area contributed by atoms with Gasteiger partial charge in [-0.1, -0.05) is 6.07 Å². The lowest BCUT2D eigenvalue weighted by atomic mass is 10.1. The highest BCUT2D eigenvalue weighted by Gasteiger charge is 2.46. The van der Waals surface area contributed by atoms with E-state index < -0.39 is 0 Å². The molecule has 0 unspecified atom stereocenters. The van der Waals surface area contributed by atoms with Crippen LogP contribution in [-0.2, 0) is 5.41 Å². The number of fused-ring (bicyclic) bond motifs is 1. The lowest BCUT2D eigenvalue weighted by Crippen LogP contribution is -2.23. The van der Waals surface area contributed by atoms with Crippen molar-refractivity contribution in [3.05, 3.63) is 35.5 Å². The van der Waals surface area contributed by atoms with Gasteiger partial charge in [0.15, 0.2) is 0 Å². The Kier molecular flexibility index (Phi) is 2.16. The smallest absolute Gasteiger partial charge is 0.136 e. The molecule has 0 saturated heterocycles. The summed E-state index contributed by atoms with van der Waals surface area (Å²) in [4.78, 5) is 8.91. The molecular formula is C13H14FN3. The Hall–Kier alpha value is -1.55. The number of aryl methyl sites for hydroxylation is 1. The van der Waals surface area contributed by atoms with Gasteiger partial charge in [0.05, 0.1) is 16.6 Å². The molecule has 0 radical (unpaired) electrons. The van der Waals surface area contributed by atoms with Crippen LogP contribution in [0.25, 0.3) is 10.9 Å². The van der Waals surface area contributed by atoms with Crippen LogP contribution >= 0.6 is 0 Å². The van der Waals surface area contributed by atoms with Crippen molar-refractivity contribution < 1.29 is 4.39 Å². The van der Waals surface area contributed by atoms with Crippen molar-refractivity contribution in [2.45, 2.75) is 25.2 Å². The van der Waals surface area contributed by atoms with Crippen molar-refractivity contribution >= 4 is 10.9 Å². The molecular weight excluding hydrogens is 217 g/mol. The number of nitrogens with zero attached hydrogens (tertiary/aromatic N) is 2. The lowest BCUT2D eigenvalue weighted by molar-refractivity contribution is 0.631. The van der Waals surface area contributed by atoms with E-state index in [0.29, 0.717) is 23.1 Å². The summed E-state index contributed by atoms with van der Waals surface area (Å²) in [6.45, 7) is 2.39. The minimum absolute atomic E-state index is 0.0503. The molecule has 1 aliphatic carbocycles. The Bertz CT molecular complexity index is 590. The van der Waals surface area contributed by atoms with E-state index in [1.54, 1.807) is 6.07 Å². The molecule has 4 heteroatoms. The third kappa shape index (κ3) is 1.52. The first kappa shape index (κ1) is 10.6. The first-order valence-electron chi connectivity index (χ1n) is 5.80. The van der Waals surface area contributed by atoms with Gasteiger partial charge >= 0.3 is 0 Å². The number of rotatable bonds is 2.